The van der Waals surface area contributed by atoms with Crippen molar-refractivity contribution in [2.75, 3.05) is 13.1 Å². The van der Waals surface area contributed by atoms with Gasteiger partial charge < -0.3 is 0 Å². The summed E-state index contributed by atoms with van der Waals surface area (Å²) in [6, 6.07) is 0. The van der Waals surface area contributed by atoms with Crippen LogP contribution in [0.15, 0.2) is 0 Å². The maximum absolute atomic E-state index is 11.8. The molecule has 0 N–H and O–H groups in total. The molecule has 0 aromatic heterocycles. The summed E-state index contributed by atoms with van der Waals surface area (Å²) in [7, 11) is 0. The van der Waals surface area contributed by atoms with Gasteiger partial charge in [0, 0.05) is 13.1 Å². The molecule has 4 nitrogen and oxygen atoms in total. The topological polar surface area (TPSA) is 40.6 Å². The lowest BCUT2D eigenvalue weighted by atomic mass is 10.2. The van der Waals surface area contributed by atoms with E-state index in [0.29, 0.717) is 0 Å². The zero-order valence-corrected chi connectivity index (χ0v) is 9.76. The summed E-state index contributed by atoms with van der Waals surface area (Å²) in [6.45, 7) is 3.47. The fraction of sp³-hybridized carbons (Fsp3) is 0.800. The van der Waals surface area contributed by atoms with Gasteiger partial charge in [-0.25, -0.2) is 5.01 Å². The molecule has 1 atom stereocenters. The largest absolute Gasteiger partial charge is 0.303 e. The lowest BCUT2D eigenvalue weighted by molar-refractivity contribution is -0.138. The third-order valence-corrected chi connectivity index (χ3v) is 3.80. The van der Waals surface area contributed by atoms with E-state index in [0.717, 1.165) is 37.7 Å². The van der Waals surface area contributed by atoms with Crippen LogP contribution in [0, 0.1) is 0 Å². The number of thioether (sulfide) groups is 1. The quantitative estimate of drug-likeness (QED) is 0.687. The van der Waals surface area contributed by atoms with Gasteiger partial charge in [0.1, 0.15) is 0 Å². The van der Waals surface area contributed by atoms with Gasteiger partial charge in [0.15, 0.2) is 0 Å². The fourth-order valence-corrected chi connectivity index (χ4v) is 2.83. The van der Waals surface area contributed by atoms with Crippen LogP contribution >= 0.6 is 11.8 Å². The second-order valence-corrected chi connectivity index (χ2v) is 5.34. The van der Waals surface area contributed by atoms with Crippen molar-refractivity contribution in [3.05, 3.63) is 0 Å². The van der Waals surface area contributed by atoms with E-state index in [1.54, 1.807) is 6.92 Å². The molecule has 2 saturated heterocycles. The molecule has 15 heavy (non-hydrogen) atoms. The lowest BCUT2D eigenvalue weighted by Gasteiger charge is -2.27. The van der Waals surface area contributed by atoms with Crippen molar-refractivity contribution < 1.29 is 9.59 Å². The van der Waals surface area contributed by atoms with Crippen LogP contribution in [0.2, 0.25) is 0 Å². The van der Waals surface area contributed by atoms with E-state index in [4.69, 9.17) is 0 Å². The van der Waals surface area contributed by atoms with Crippen molar-refractivity contribution in [1.29, 1.82) is 0 Å². The van der Waals surface area contributed by atoms with Crippen LogP contribution in [-0.2, 0) is 4.79 Å². The van der Waals surface area contributed by atoms with Crippen LogP contribution in [0.3, 0.4) is 0 Å². The molecule has 0 aromatic carbocycles. The zero-order valence-electron chi connectivity index (χ0n) is 8.94. The molecule has 2 heterocycles. The van der Waals surface area contributed by atoms with Gasteiger partial charge in [0.05, 0.1) is 5.25 Å². The highest BCUT2D eigenvalue weighted by Gasteiger charge is 2.40. The summed E-state index contributed by atoms with van der Waals surface area (Å²) in [5, 5.41) is 2.98. The van der Waals surface area contributed by atoms with Crippen LogP contribution in [0.4, 0.5) is 4.79 Å². The molecule has 2 fully saturated rings. The maximum Gasteiger partial charge on any atom is 0.303 e. The minimum absolute atomic E-state index is 0.0492. The Morgan fingerprint density at radius 2 is 1.73 bits per heavy atom. The molecule has 84 valence electrons. The lowest BCUT2D eigenvalue weighted by Crippen LogP contribution is -2.46. The molecule has 0 aromatic rings. The first kappa shape index (κ1) is 11.0. The summed E-state index contributed by atoms with van der Waals surface area (Å²) in [6.07, 6.45) is 4.57. The summed E-state index contributed by atoms with van der Waals surface area (Å²) >= 11 is 1.13. The van der Waals surface area contributed by atoms with Gasteiger partial charge in [-0.15, -0.1) is 0 Å². The number of imide groups is 1. The molecule has 1 unspecified atom stereocenters. The predicted octanol–water partition coefficient (Wildman–Crippen LogP) is 1.86. The van der Waals surface area contributed by atoms with Crippen molar-refractivity contribution in [2.45, 2.75) is 37.9 Å². The number of amides is 2. The zero-order chi connectivity index (χ0) is 10.8. The molecule has 2 aliphatic rings. The summed E-state index contributed by atoms with van der Waals surface area (Å²) in [5.41, 5.74) is 0. The van der Waals surface area contributed by atoms with Crippen LogP contribution in [0.25, 0.3) is 0 Å². The molecule has 0 saturated carbocycles. The predicted molar refractivity (Wildman–Crippen MR) is 59.3 cm³/mol. The van der Waals surface area contributed by atoms with Gasteiger partial charge in [-0.1, -0.05) is 12.8 Å². The SMILES string of the molecule is CC1SC(=O)N(N2CCCCCC2)C1=O. The van der Waals surface area contributed by atoms with Crippen LogP contribution in [0.1, 0.15) is 32.6 Å². The Morgan fingerprint density at radius 1 is 1.13 bits per heavy atom. The van der Waals surface area contributed by atoms with Crippen molar-refractivity contribution in [3.63, 3.8) is 0 Å². The monoisotopic (exact) mass is 228 g/mol. The Kier molecular flexibility index (Phi) is 3.31. The van der Waals surface area contributed by atoms with E-state index in [1.165, 1.54) is 17.9 Å². The Morgan fingerprint density at radius 3 is 2.20 bits per heavy atom. The highest BCUT2D eigenvalue weighted by atomic mass is 32.2. The van der Waals surface area contributed by atoms with Gasteiger partial charge in [-0.3, -0.25) is 9.59 Å². The van der Waals surface area contributed by atoms with Gasteiger partial charge in [-0.05, 0) is 31.5 Å². The molecule has 2 aliphatic heterocycles. The van der Waals surface area contributed by atoms with Crippen LogP contribution in [-0.4, -0.2) is 39.5 Å². The Balaban J connectivity index is 2.07. The highest BCUT2D eigenvalue weighted by molar-refractivity contribution is 8.15. The Hall–Kier alpha value is -0.550. The average molecular weight is 228 g/mol. The minimum Gasteiger partial charge on any atom is -0.272 e. The maximum atomic E-state index is 11.8. The highest BCUT2D eigenvalue weighted by Crippen LogP contribution is 2.28. The molecule has 0 bridgehead atoms. The van der Waals surface area contributed by atoms with Gasteiger partial charge in [0.25, 0.3) is 5.91 Å². The second kappa shape index (κ2) is 4.53. The number of hydrogen-bond donors (Lipinski definition) is 0. The first-order chi connectivity index (χ1) is 7.20. The van der Waals surface area contributed by atoms with E-state index >= 15 is 0 Å². The first-order valence-corrected chi connectivity index (χ1v) is 6.37. The molecule has 0 spiro atoms. The van der Waals surface area contributed by atoms with E-state index in [1.807, 2.05) is 5.01 Å². The molecule has 5 heteroatoms. The van der Waals surface area contributed by atoms with Crippen LogP contribution in [0.5, 0.6) is 0 Å². The molecule has 2 rings (SSSR count). The number of nitrogens with zero attached hydrogens (tertiary/aromatic N) is 2. The fourth-order valence-electron chi connectivity index (χ4n) is 2.02. The van der Waals surface area contributed by atoms with E-state index in [9.17, 15) is 9.59 Å². The number of hydrazine groups is 1. The van der Waals surface area contributed by atoms with Gasteiger partial charge >= 0.3 is 5.24 Å². The molecular weight excluding hydrogens is 212 g/mol. The summed E-state index contributed by atoms with van der Waals surface area (Å²) in [4.78, 5) is 23.4. The van der Waals surface area contributed by atoms with E-state index in [2.05, 4.69) is 0 Å². The van der Waals surface area contributed by atoms with Crippen molar-refractivity contribution in [2.24, 2.45) is 0 Å². The first-order valence-electron chi connectivity index (χ1n) is 5.49. The standard InChI is InChI=1S/C10H16N2O2S/c1-8-9(13)12(10(14)15-8)11-6-4-2-3-5-7-11/h8H,2-7H2,1H3. The summed E-state index contributed by atoms with van der Waals surface area (Å²) < 4.78 is 0. The van der Waals surface area contributed by atoms with E-state index < -0.39 is 0 Å². The summed E-state index contributed by atoms with van der Waals surface area (Å²) in [5.74, 6) is -0.0492. The minimum atomic E-state index is -0.208. The third kappa shape index (κ3) is 2.18. The van der Waals surface area contributed by atoms with Gasteiger partial charge in [0.2, 0.25) is 0 Å². The Labute approximate surface area is 93.9 Å². The molecular formula is C10H16N2O2S. The number of hydrogen-bond acceptors (Lipinski definition) is 4. The average Bonchev–Trinajstić information content (AvgIpc) is 2.46. The van der Waals surface area contributed by atoms with Crippen molar-refractivity contribution in [3.8, 4) is 0 Å². The molecule has 0 radical (unpaired) electrons. The van der Waals surface area contributed by atoms with Crippen molar-refractivity contribution >= 4 is 22.9 Å². The van der Waals surface area contributed by atoms with Gasteiger partial charge in [-0.2, -0.15) is 5.01 Å². The normalized spacial score (nSPS) is 29.7. The number of rotatable bonds is 1. The molecule has 0 aliphatic carbocycles. The number of carbonyl (C=O) groups is 2. The molecule has 2 amide bonds. The number of carbonyl (C=O) groups excluding carboxylic acids is 2. The Bertz CT molecular complexity index is 275. The third-order valence-electron chi connectivity index (χ3n) is 2.87. The van der Waals surface area contributed by atoms with Crippen LogP contribution < -0.4 is 0 Å². The second-order valence-electron chi connectivity index (χ2n) is 4.04. The van der Waals surface area contributed by atoms with E-state index in [-0.39, 0.29) is 16.4 Å². The smallest absolute Gasteiger partial charge is 0.272 e. The van der Waals surface area contributed by atoms with Crippen molar-refractivity contribution in [1.82, 2.24) is 10.0 Å².